The van der Waals surface area contributed by atoms with Gasteiger partial charge >= 0.3 is 0 Å². The van der Waals surface area contributed by atoms with Crippen molar-refractivity contribution >= 4 is 23.1 Å². The molecule has 1 aromatic rings. The van der Waals surface area contributed by atoms with E-state index in [2.05, 4.69) is 23.7 Å². The summed E-state index contributed by atoms with van der Waals surface area (Å²) in [7, 11) is 0. The average Bonchev–Trinajstić information content (AvgIpc) is 2.81. The molecule has 2 heterocycles. The van der Waals surface area contributed by atoms with Crippen LogP contribution in [-0.4, -0.2) is 11.3 Å². The van der Waals surface area contributed by atoms with E-state index in [1.54, 1.807) is 9.77 Å². The molecule has 2 aliphatic rings. The van der Waals surface area contributed by atoms with Gasteiger partial charge in [-0.2, -0.15) is 0 Å². The third-order valence-electron chi connectivity index (χ3n) is 2.92. The fourth-order valence-electron chi connectivity index (χ4n) is 2.04. The van der Waals surface area contributed by atoms with Crippen molar-refractivity contribution in [2.45, 2.75) is 47.7 Å². The van der Waals surface area contributed by atoms with Crippen molar-refractivity contribution in [1.29, 1.82) is 0 Å². The van der Waals surface area contributed by atoms with E-state index in [9.17, 15) is 0 Å². The van der Waals surface area contributed by atoms with Crippen LogP contribution in [-0.2, 0) is 0 Å². The molecule has 3 rings (SSSR count). The van der Waals surface area contributed by atoms with Crippen molar-refractivity contribution in [3.63, 3.8) is 0 Å². The van der Waals surface area contributed by atoms with Crippen LogP contribution in [0.3, 0.4) is 0 Å². The number of hydrogen-bond acceptors (Lipinski definition) is 3. The maximum absolute atomic E-state index is 3.76. The van der Waals surface area contributed by atoms with Crippen LogP contribution in [0.1, 0.15) is 37.8 Å². The summed E-state index contributed by atoms with van der Waals surface area (Å²) in [5.74, 6) is 0. The highest BCUT2D eigenvalue weighted by Crippen LogP contribution is 2.44. The van der Waals surface area contributed by atoms with Gasteiger partial charge in [0.1, 0.15) is 0 Å². The minimum absolute atomic E-state index is 0.639. The van der Waals surface area contributed by atoms with Gasteiger partial charge in [-0.1, -0.05) is 6.92 Å². The van der Waals surface area contributed by atoms with Crippen LogP contribution < -0.4 is 5.32 Å². The summed E-state index contributed by atoms with van der Waals surface area (Å²) in [5.41, 5.74) is 1.56. The molecule has 0 saturated heterocycles. The molecule has 76 valence electrons. The molecule has 1 unspecified atom stereocenters. The van der Waals surface area contributed by atoms with Crippen LogP contribution in [0.5, 0.6) is 0 Å². The van der Waals surface area contributed by atoms with Crippen LogP contribution in [0.25, 0.3) is 0 Å². The number of nitrogens with one attached hydrogen (secondary N) is 1. The van der Waals surface area contributed by atoms with E-state index in [1.807, 2.05) is 23.1 Å². The zero-order valence-electron chi connectivity index (χ0n) is 8.32. The lowest BCUT2D eigenvalue weighted by Crippen LogP contribution is -2.27. The Morgan fingerprint density at radius 1 is 1.43 bits per heavy atom. The molecule has 0 bridgehead atoms. The second-order valence-corrected chi connectivity index (χ2v) is 6.94. The molecule has 0 radical (unpaired) electrons. The van der Waals surface area contributed by atoms with Crippen molar-refractivity contribution in [2.75, 3.05) is 0 Å². The molecule has 14 heavy (non-hydrogen) atoms. The van der Waals surface area contributed by atoms with Crippen LogP contribution in [0.15, 0.2) is 15.7 Å². The standard InChI is InChI=1S/C11H15NS2/c1-7-6-10(12-8-2-3-8)9-4-5-13-11(9)14-7/h4-5,7-8,10,12H,2-3,6H2,1H3/t7-,10?/m0/s1. The Labute approximate surface area is 93.3 Å². The third-order valence-corrected chi connectivity index (χ3v) is 5.27. The molecule has 1 N–H and O–H groups in total. The first-order valence-electron chi connectivity index (χ1n) is 5.33. The van der Waals surface area contributed by atoms with Crippen molar-refractivity contribution in [1.82, 2.24) is 5.32 Å². The summed E-state index contributed by atoms with van der Waals surface area (Å²) < 4.78 is 1.54. The molecule has 3 heteroatoms. The van der Waals surface area contributed by atoms with E-state index in [4.69, 9.17) is 0 Å². The summed E-state index contributed by atoms with van der Waals surface area (Å²) in [5, 5.41) is 6.77. The summed E-state index contributed by atoms with van der Waals surface area (Å²) in [6.45, 7) is 2.34. The maximum atomic E-state index is 3.76. The van der Waals surface area contributed by atoms with Crippen molar-refractivity contribution in [2.24, 2.45) is 0 Å². The summed E-state index contributed by atoms with van der Waals surface area (Å²) >= 11 is 3.95. The summed E-state index contributed by atoms with van der Waals surface area (Å²) in [4.78, 5) is 0. The lowest BCUT2D eigenvalue weighted by atomic mass is 10.0. The third kappa shape index (κ3) is 1.73. The molecule has 1 aliphatic carbocycles. The van der Waals surface area contributed by atoms with Gasteiger partial charge in [-0.05, 0) is 36.3 Å². The molecule has 0 spiro atoms. The van der Waals surface area contributed by atoms with Crippen LogP contribution in [0, 0.1) is 0 Å². The van der Waals surface area contributed by atoms with E-state index in [0.29, 0.717) is 6.04 Å². The Balaban J connectivity index is 1.83. The number of thiophene rings is 1. The first kappa shape index (κ1) is 9.25. The molecule has 1 fully saturated rings. The zero-order chi connectivity index (χ0) is 9.54. The second kappa shape index (κ2) is 3.54. The van der Waals surface area contributed by atoms with E-state index in [0.717, 1.165) is 11.3 Å². The Bertz CT molecular complexity index is 330. The highest BCUT2D eigenvalue weighted by atomic mass is 32.2. The Kier molecular flexibility index (Phi) is 2.34. The van der Waals surface area contributed by atoms with Crippen molar-refractivity contribution in [3.05, 3.63) is 17.0 Å². The Hall–Kier alpha value is 0.01000. The largest absolute Gasteiger partial charge is 0.307 e. The topological polar surface area (TPSA) is 12.0 Å². The molecule has 1 nitrogen and oxygen atoms in total. The van der Waals surface area contributed by atoms with Crippen molar-refractivity contribution in [3.8, 4) is 0 Å². The number of hydrogen-bond donors (Lipinski definition) is 1. The average molecular weight is 225 g/mol. The molecule has 0 amide bonds. The van der Waals surface area contributed by atoms with Crippen LogP contribution in [0.4, 0.5) is 0 Å². The van der Waals surface area contributed by atoms with Gasteiger partial charge in [0.15, 0.2) is 0 Å². The quantitative estimate of drug-likeness (QED) is 0.827. The predicted molar refractivity (Wildman–Crippen MR) is 63.2 cm³/mol. The normalized spacial score (nSPS) is 31.5. The fraction of sp³-hybridized carbons (Fsp3) is 0.636. The summed E-state index contributed by atoms with van der Waals surface area (Å²) in [6, 6.07) is 3.77. The summed E-state index contributed by atoms with van der Waals surface area (Å²) in [6.07, 6.45) is 4.07. The SMILES string of the molecule is C[C@H]1CC(NC2CC2)c2ccsc2S1. The lowest BCUT2D eigenvalue weighted by molar-refractivity contribution is 0.486. The molecule has 1 saturated carbocycles. The molecular formula is C11H15NS2. The number of fused-ring (bicyclic) bond motifs is 1. The van der Waals surface area contributed by atoms with Gasteiger partial charge in [0.2, 0.25) is 0 Å². The Morgan fingerprint density at radius 3 is 3.07 bits per heavy atom. The molecule has 0 aromatic carbocycles. The monoisotopic (exact) mass is 225 g/mol. The smallest absolute Gasteiger partial charge is 0.0649 e. The van der Waals surface area contributed by atoms with Gasteiger partial charge in [-0.25, -0.2) is 0 Å². The molecule has 1 aromatic heterocycles. The van der Waals surface area contributed by atoms with Crippen LogP contribution >= 0.6 is 23.1 Å². The van der Waals surface area contributed by atoms with Gasteiger partial charge in [-0.3, -0.25) is 0 Å². The number of rotatable bonds is 2. The zero-order valence-corrected chi connectivity index (χ0v) is 9.96. The van der Waals surface area contributed by atoms with E-state index in [1.165, 1.54) is 19.3 Å². The van der Waals surface area contributed by atoms with Gasteiger partial charge in [0.05, 0.1) is 4.21 Å². The predicted octanol–water partition coefficient (Wildman–Crippen LogP) is 3.43. The lowest BCUT2D eigenvalue weighted by Gasteiger charge is -2.27. The van der Waals surface area contributed by atoms with Gasteiger partial charge in [-0.15, -0.1) is 23.1 Å². The van der Waals surface area contributed by atoms with E-state index >= 15 is 0 Å². The van der Waals surface area contributed by atoms with Gasteiger partial charge in [0, 0.05) is 17.3 Å². The second-order valence-electron chi connectivity index (χ2n) is 4.32. The minimum atomic E-state index is 0.639. The molecule has 2 atom stereocenters. The van der Waals surface area contributed by atoms with Gasteiger partial charge < -0.3 is 5.32 Å². The number of thioether (sulfide) groups is 1. The molecule has 1 aliphatic heterocycles. The Morgan fingerprint density at radius 2 is 2.29 bits per heavy atom. The van der Waals surface area contributed by atoms with Crippen LogP contribution in [0.2, 0.25) is 0 Å². The first-order valence-corrected chi connectivity index (χ1v) is 7.09. The fourth-order valence-corrected chi connectivity index (χ4v) is 4.61. The first-order chi connectivity index (χ1) is 6.83. The van der Waals surface area contributed by atoms with E-state index < -0.39 is 0 Å². The molecular weight excluding hydrogens is 210 g/mol. The van der Waals surface area contributed by atoms with Crippen molar-refractivity contribution < 1.29 is 0 Å². The van der Waals surface area contributed by atoms with E-state index in [-0.39, 0.29) is 0 Å². The maximum Gasteiger partial charge on any atom is 0.0649 e. The minimum Gasteiger partial charge on any atom is -0.307 e. The van der Waals surface area contributed by atoms with Gasteiger partial charge in [0.25, 0.3) is 0 Å². The highest BCUT2D eigenvalue weighted by Gasteiger charge is 2.31. The highest BCUT2D eigenvalue weighted by molar-refractivity contribution is 8.01.